The lowest BCUT2D eigenvalue weighted by atomic mass is 10.3. The van der Waals surface area contributed by atoms with E-state index in [1.54, 1.807) is 12.4 Å². The molecule has 1 rings (SSSR count). The Kier molecular flexibility index (Phi) is 3.51. The molecule has 8 heteroatoms. The Balaban J connectivity index is 2.57. The number of alkyl halides is 4. The molecule has 0 bridgehead atoms. The third-order valence-corrected chi connectivity index (χ3v) is 1.90. The van der Waals surface area contributed by atoms with Crippen LogP contribution in [0.5, 0.6) is 0 Å². The van der Waals surface area contributed by atoms with Crippen LogP contribution in [0.4, 0.5) is 17.6 Å². The highest BCUT2D eigenvalue weighted by Crippen LogP contribution is 2.22. The Morgan fingerprint density at radius 1 is 1.62 bits per heavy atom. The van der Waals surface area contributed by atoms with Crippen LogP contribution in [0, 0.1) is 0 Å². The van der Waals surface area contributed by atoms with E-state index < -0.39 is 18.3 Å². The number of aromatic nitrogens is 2. The van der Waals surface area contributed by atoms with E-state index in [1.165, 1.54) is 17.0 Å². The zero-order valence-electron chi connectivity index (χ0n) is 8.25. The zero-order chi connectivity index (χ0) is 12.3. The minimum Gasteiger partial charge on any atom is -0.343 e. The number of hydrogen-bond donors (Lipinski definition) is 1. The molecule has 0 aliphatic carbocycles. The first-order chi connectivity index (χ1) is 7.35. The van der Waals surface area contributed by atoms with Crippen LogP contribution in [0.3, 0.4) is 0 Å². The summed E-state index contributed by atoms with van der Waals surface area (Å²) in [5, 5.41) is 1.70. The number of amides is 1. The Hall–Kier alpha value is -1.60. The molecule has 90 valence electrons. The molecular formula is C8H9F4N3O. The Morgan fingerprint density at radius 3 is 2.69 bits per heavy atom. The maximum atomic E-state index is 12.5. The first kappa shape index (κ1) is 12.5. The fourth-order valence-corrected chi connectivity index (χ4v) is 0.943. The Morgan fingerprint density at radius 2 is 2.25 bits per heavy atom. The van der Waals surface area contributed by atoms with Gasteiger partial charge in [-0.25, -0.2) is 13.8 Å². The van der Waals surface area contributed by atoms with Crippen molar-refractivity contribution in [3.63, 3.8) is 0 Å². The van der Waals surface area contributed by atoms with Crippen LogP contribution in [0.1, 0.15) is 5.82 Å². The van der Waals surface area contributed by atoms with Gasteiger partial charge in [0, 0.05) is 19.4 Å². The van der Waals surface area contributed by atoms with E-state index >= 15 is 0 Å². The minimum atomic E-state index is -4.68. The summed E-state index contributed by atoms with van der Waals surface area (Å²) in [4.78, 5) is 14.5. The van der Waals surface area contributed by atoms with E-state index in [9.17, 15) is 22.4 Å². The van der Waals surface area contributed by atoms with E-state index in [0.29, 0.717) is 5.82 Å². The monoisotopic (exact) mass is 239 g/mol. The van der Waals surface area contributed by atoms with Crippen molar-refractivity contribution in [1.82, 2.24) is 14.9 Å². The summed E-state index contributed by atoms with van der Waals surface area (Å²) in [5.74, 6) is -6.39. The molecule has 1 aromatic rings. The summed E-state index contributed by atoms with van der Waals surface area (Å²) in [6, 6.07) is 0. The summed E-state index contributed by atoms with van der Waals surface area (Å²) in [6.07, 6.45) is -1.09. The average molecular weight is 239 g/mol. The zero-order valence-corrected chi connectivity index (χ0v) is 8.25. The molecule has 0 unspecified atom stereocenters. The summed E-state index contributed by atoms with van der Waals surface area (Å²) in [6.45, 7) is -0.329. The lowest BCUT2D eigenvalue weighted by Crippen LogP contribution is -2.45. The van der Waals surface area contributed by atoms with Crippen molar-refractivity contribution in [3.8, 4) is 0 Å². The second-order valence-corrected chi connectivity index (χ2v) is 3.06. The van der Waals surface area contributed by atoms with Crippen molar-refractivity contribution in [2.24, 2.45) is 7.05 Å². The van der Waals surface area contributed by atoms with Gasteiger partial charge in [0.2, 0.25) is 0 Å². The highest BCUT2D eigenvalue weighted by atomic mass is 19.3. The average Bonchev–Trinajstić information content (AvgIpc) is 2.60. The van der Waals surface area contributed by atoms with Crippen LogP contribution in [-0.2, 0) is 18.4 Å². The van der Waals surface area contributed by atoms with Gasteiger partial charge in [-0.3, -0.25) is 4.79 Å². The molecule has 0 saturated heterocycles. The normalized spacial score (nSPS) is 11.9. The molecule has 1 amide bonds. The van der Waals surface area contributed by atoms with Crippen molar-refractivity contribution < 1.29 is 22.4 Å². The van der Waals surface area contributed by atoms with Crippen LogP contribution in [0.15, 0.2) is 12.4 Å². The SMILES string of the molecule is Cn1ccnc1CNC(=O)C(F)(F)C(F)F. The molecule has 1 heterocycles. The molecule has 16 heavy (non-hydrogen) atoms. The number of aryl methyl sites for hydroxylation is 1. The van der Waals surface area contributed by atoms with E-state index in [0.717, 1.165) is 0 Å². The first-order valence-electron chi connectivity index (χ1n) is 4.26. The van der Waals surface area contributed by atoms with Gasteiger partial charge in [0.15, 0.2) is 0 Å². The maximum Gasteiger partial charge on any atom is 0.383 e. The van der Waals surface area contributed by atoms with E-state index in [4.69, 9.17) is 0 Å². The van der Waals surface area contributed by atoms with Crippen LogP contribution in [0.25, 0.3) is 0 Å². The molecule has 0 saturated carbocycles. The van der Waals surface area contributed by atoms with Crippen molar-refractivity contribution in [3.05, 3.63) is 18.2 Å². The highest BCUT2D eigenvalue weighted by molar-refractivity contribution is 5.83. The molecule has 1 N–H and O–H groups in total. The maximum absolute atomic E-state index is 12.5. The van der Waals surface area contributed by atoms with Gasteiger partial charge in [0.05, 0.1) is 6.54 Å². The molecule has 0 spiro atoms. The van der Waals surface area contributed by atoms with Crippen LogP contribution in [0.2, 0.25) is 0 Å². The second-order valence-electron chi connectivity index (χ2n) is 3.06. The number of rotatable bonds is 4. The fraction of sp³-hybridized carbons (Fsp3) is 0.500. The number of carbonyl (C=O) groups excluding carboxylic acids is 1. The lowest BCUT2D eigenvalue weighted by Gasteiger charge is -2.14. The first-order valence-corrected chi connectivity index (χ1v) is 4.26. The number of nitrogens with zero attached hydrogens (tertiary/aromatic N) is 2. The van der Waals surface area contributed by atoms with Crippen LogP contribution >= 0.6 is 0 Å². The van der Waals surface area contributed by atoms with Gasteiger partial charge in [0.25, 0.3) is 5.91 Å². The predicted molar refractivity (Wildman–Crippen MR) is 46.0 cm³/mol. The van der Waals surface area contributed by atoms with E-state index in [-0.39, 0.29) is 6.54 Å². The van der Waals surface area contributed by atoms with Crippen LogP contribution < -0.4 is 5.32 Å². The molecule has 0 radical (unpaired) electrons. The van der Waals surface area contributed by atoms with Gasteiger partial charge < -0.3 is 9.88 Å². The minimum absolute atomic E-state index is 0.290. The molecule has 4 nitrogen and oxygen atoms in total. The molecule has 0 aromatic carbocycles. The smallest absolute Gasteiger partial charge is 0.343 e. The summed E-state index contributed by atoms with van der Waals surface area (Å²) >= 11 is 0. The molecule has 0 atom stereocenters. The van der Waals surface area contributed by atoms with Crippen molar-refractivity contribution in [1.29, 1.82) is 0 Å². The van der Waals surface area contributed by atoms with Gasteiger partial charge in [-0.15, -0.1) is 0 Å². The topological polar surface area (TPSA) is 46.9 Å². The number of imidazole rings is 1. The number of nitrogens with one attached hydrogen (secondary N) is 1. The summed E-state index contributed by atoms with van der Waals surface area (Å²) in [5.41, 5.74) is 0. The third-order valence-electron chi connectivity index (χ3n) is 1.90. The molecular weight excluding hydrogens is 230 g/mol. The van der Waals surface area contributed by atoms with Gasteiger partial charge in [-0.2, -0.15) is 8.78 Å². The Labute approximate surface area is 88.3 Å². The highest BCUT2D eigenvalue weighted by Gasteiger charge is 2.48. The van der Waals surface area contributed by atoms with Gasteiger partial charge in [0.1, 0.15) is 5.82 Å². The molecule has 0 aliphatic rings. The van der Waals surface area contributed by atoms with Crippen molar-refractivity contribution >= 4 is 5.91 Å². The molecule has 0 aliphatic heterocycles. The quantitative estimate of drug-likeness (QED) is 0.795. The van der Waals surface area contributed by atoms with E-state index in [2.05, 4.69) is 4.98 Å². The lowest BCUT2D eigenvalue weighted by molar-refractivity contribution is -0.169. The van der Waals surface area contributed by atoms with Crippen molar-refractivity contribution in [2.75, 3.05) is 0 Å². The van der Waals surface area contributed by atoms with Gasteiger partial charge in [-0.1, -0.05) is 0 Å². The number of carbonyl (C=O) groups is 1. The fourth-order valence-electron chi connectivity index (χ4n) is 0.943. The predicted octanol–water partition coefficient (Wildman–Crippen LogP) is 0.937. The van der Waals surface area contributed by atoms with Gasteiger partial charge in [-0.05, 0) is 0 Å². The van der Waals surface area contributed by atoms with Crippen molar-refractivity contribution in [2.45, 2.75) is 18.9 Å². The summed E-state index contributed by atoms with van der Waals surface area (Å²) in [7, 11) is 1.58. The van der Waals surface area contributed by atoms with Crippen LogP contribution in [-0.4, -0.2) is 27.8 Å². The van der Waals surface area contributed by atoms with Gasteiger partial charge >= 0.3 is 12.3 Å². The number of halogens is 4. The standard InChI is InChI=1S/C8H9F4N3O/c1-15-3-2-13-5(15)4-14-7(16)8(11,12)6(9)10/h2-3,6H,4H2,1H3,(H,14,16). The largest absolute Gasteiger partial charge is 0.383 e. The third kappa shape index (κ3) is 2.50. The number of hydrogen-bond acceptors (Lipinski definition) is 2. The Bertz CT molecular complexity index is 377. The molecule has 1 aromatic heterocycles. The second kappa shape index (κ2) is 4.50. The summed E-state index contributed by atoms with van der Waals surface area (Å²) < 4.78 is 50.0. The van der Waals surface area contributed by atoms with E-state index in [1.807, 2.05) is 0 Å². The molecule has 0 fully saturated rings.